The summed E-state index contributed by atoms with van der Waals surface area (Å²) in [4.78, 5) is 4.98. The lowest BCUT2D eigenvalue weighted by molar-refractivity contribution is 1.10. The van der Waals surface area contributed by atoms with Crippen molar-refractivity contribution in [3.05, 3.63) is 272 Å². The van der Waals surface area contributed by atoms with E-state index in [0.29, 0.717) is 0 Å². The van der Waals surface area contributed by atoms with Gasteiger partial charge in [-0.15, -0.1) is 0 Å². The Morgan fingerprint density at radius 3 is 0.859 bits per heavy atom. The normalized spacial score (nSPS) is 12.0. The standard InChI is InChI=1S/C73H49N5/c1-46-43-50(44-47(2)74-46)61-45-62(48-35-39-51(40-36-48)75-63-27-11-3-19-53(63)54-20-4-12-28-64(54)75)72(77-67-31-15-7-23-57(67)58-24-8-16-32-68(58)77)73(78-69-33-17-9-25-59(69)60-26-10-18-34-70(60)78)71(61)49-37-41-52(42-38-49)76-65-29-13-5-21-55(65)56-22-6-14-30-66(56)76/h3-45H,1-2H3. The molecule has 0 N–H and O–H groups in total. The number of hydrogen-bond acceptors (Lipinski definition) is 1. The maximum atomic E-state index is 4.98. The number of pyridine rings is 1. The summed E-state index contributed by atoms with van der Waals surface area (Å²) >= 11 is 0. The van der Waals surface area contributed by atoms with Crippen LogP contribution in [0, 0.1) is 13.8 Å². The Hall–Kier alpha value is -10.2. The molecule has 0 aliphatic rings. The summed E-state index contributed by atoms with van der Waals surface area (Å²) in [5.41, 5.74) is 22.3. The van der Waals surface area contributed by atoms with Crippen LogP contribution in [0.15, 0.2) is 261 Å². The minimum Gasteiger partial charge on any atom is -0.309 e. The van der Waals surface area contributed by atoms with Crippen molar-refractivity contribution in [1.29, 1.82) is 0 Å². The van der Waals surface area contributed by atoms with E-state index in [4.69, 9.17) is 4.98 Å². The van der Waals surface area contributed by atoms with Gasteiger partial charge in [0.05, 0.1) is 55.5 Å². The van der Waals surface area contributed by atoms with Gasteiger partial charge in [-0.2, -0.15) is 0 Å². The van der Waals surface area contributed by atoms with Crippen molar-refractivity contribution >= 4 is 87.2 Å². The van der Waals surface area contributed by atoms with E-state index in [1.165, 1.54) is 65.2 Å². The molecule has 11 aromatic carbocycles. The van der Waals surface area contributed by atoms with Gasteiger partial charge in [0.1, 0.15) is 0 Å². The van der Waals surface area contributed by atoms with Crippen LogP contribution in [0.1, 0.15) is 11.4 Å². The van der Waals surface area contributed by atoms with Crippen LogP contribution in [-0.4, -0.2) is 23.3 Å². The summed E-state index contributed by atoms with van der Waals surface area (Å²) in [6, 6.07) is 96.4. The molecule has 0 amide bonds. The van der Waals surface area contributed by atoms with E-state index < -0.39 is 0 Å². The van der Waals surface area contributed by atoms with Crippen LogP contribution in [0.3, 0.4) is 0 Å². The highest BCUT2D eigenvalue weighted by Crippen LogP contribution is 2.50. The molecule has 5 heteroatoms. The molecule has 0 fully saturated rings. The zero-order chi connectivity index (χ0) is 51.6. The van der Waals surface area contributed by atoms with Crippen LogP contribution >= 0.6 is 0 Å². The van der Waals surface area contributed by atoms with Crippen molar-refractivity contribution in [2.45, 2.75) is 13.8 Å². The first kappa shape index (κ1) is 44.1. The first-order chi connectivity index (χ1) is 38.6. The van der Waals surface area contributed by atoms with E-state index in [1.807, 2.05) is 0 Å². The SMILES string of the molecule is Cc1cc(-c2cc(-c3ccc(-n4c5ccccc5c5ccccc54)cc3)c(-n3c4ccccc4c4ccccc43)c(-n3c4ccccc4c4ccccc43)c2-c2ccc(-n3c4ccccc4c4ccccc43)cc2)cc(C)n1. The summed E-state index contributed by atoms with van der Waals surface area (Å²) < 4.78 is 9.95. The van der Waals surface area contributed by atoms with Gasteiger partial charge in [-0.1, -0.05) is 170 Å². The number of rotatable bonds is 7. The van der Waals surface area contributed by atoms with Gasteiger partial charge in [0.25, 0.3) is 0 Å². The molecular formula is C73H49N5. The molecular weight excluding hydrogens is 947 g/mol. The van der Waals surface area contributed by atoms with Crippen LogP contribution < -0.4 is 0 Å². The molecule has 78 heavy (non-hydrogen) atoms. The topological polar surface area (TPSA) is 32.6 Å². The van der Waals surface area contributed by atoms with Gasteiger partial charge in [-0.05, 0) is 127 Å². The Labute approximate surface area is 450 Å². The van der Waals surface area contributed by atoms with E-state index in [-0.39, 0.29) is 0 Å². The molecule has 5 aromatic heterocycles. The monoisotopic (exact) mass is 995 g/mol. The van der Waals surface area contributed by atoms with Crippen molar-refractivity contribution in [2.24, 2.45) is 0 Å². The quantitative estimate of drug-likeness (QED) is 0.157. The predicted molar refractivity (Wildman–Crippen MR) is 327 cm³/mol. The highest BCUT2D eigenvalue weighted by Gasteiger charge is 2.29. The lowest BCUT2D eigenvalue weighted by Gasteiger charge is -2.27. The van der Waals surface area contributed by atoms with Gasteiger partial charge >= 0.3 is 0 Å². The Morgan fingerprint density at radius 2 is 0.526 bits per heavy atom. The molecule has 16 rings (SSSR count). The molecule has 366 valence electrons. The Kier molecular flexibility index (Phi) is 9.70. The van der Waals surface area contributed by atoms with Gasteiger partial charge < -0.3 is 18.3 Å². The molecule has 16 aromatic rings. The van der Waals surface area contributed by atoms with Gasteiger partial charge in [0, 0.05) is 77.0 Å². The third-order valence-corrected chi connectivity index (χ3v) is 16.3. The average molecular weight is 996 g/mol. The molecule has 0 atom stereocenters. The minimum atomic E-state index is 0.972. The van der Waals surface area contributed by atoms with E-state index in [9.17, 15) is 0 Å². The largest absolute Gasteiger partial charge is 0.309 e. The second kappa shape index (κ2) is 17.2. The summed E-state index contributed by atoms with van der Waals surface area (Å²) in [5.74, 6) is 0. The lowest BCUT2D eigenvalue weighted by Crippen LogP contribution is -2.09. The number of para-hydroxylation sites is 8. The number of nitrogens with zero attached hydrogens (tertiary/aromatic N) is 5. The van der Waals surface area contributed by atoms with Crippen LogP contribution in [-0.2, 0) is 0 Å². The molecule has 0 bridgehead atoms. The van der Waals surface area contributed by atoms with Crippen molar-refractivity contribution in [3.8, 4) is 56.1 Å². The summed E-state index contributed by atoms with van der Waals surface area (Å²) in [6.45, 7) is 4.23. The Morgan fingerprint density at radius 1 is 0.244 bits per heavy atom. The van der Waals surface area contributed by atoms with E-state index in [2.05, 4.69) is 293 Å². The van der Waals surface area contributed by atoms with Crippen molar-refractivity contribution < 1.29 is 0 Å². The van der Waals surface area contributed by atoms with Crippen LogP contribution in [0.5, 0.6) is 0 Å². The number of aromatic nitrogens is 5. The predicted octanol–water partition coefficient (Wildman–Crippen LogP) is 19.1. The fraction of sp³-hybridized carbons (Fsp3) is 0.0274. The first-order valence-electron chi connectivity index (χ1n) is 26.9. The van der Waals surface area contributed by atoms with Crippen molar-refractivity contribution in [2.75, 3.05) is 0 Å². The molecule has 0 radical (unpaired) electrons. The zero-order valence-electron chi connectivity index (χ0n) is 43.1. The molecule has 0 aliphatic heterocycles. The van der Waals surface area contributed by atoms with E-state index in [0.717, 1.165) is 89.6 Å². The second-order valence-corrected chi connectivity index (χ2v) is 20.8. The van der Waals surface area contributed by atoms with Gasteiger partial charge in [0.15, 0.2) is 0 Å². The molecule has 0 spiro atoms. The van der Waals surface area contributed by atoms with Crippen molar-refractivity contribution in [1.82, 2.24) is 23.3 Å². The third kappa shape index (κ3) is 6.52. The fourth-order valence-electron chi connectivity index (χ4n) is 13.1. The van der Waals surface area contributed by atoms with Gasteiger partial charge in [-0.3, -0.25) is 4.98 Å². The van der Waals surface area contributed by atoms with Crippen molar-refractivity contribution in [3.63, 3.8) is 0 Å². The maximum Gasteiger partial charge on any atom is 0.0794 e. The highest BCUT2D eigenvalue weighted by molar-refractivity contribution is 6.15. The number of aryl methyl sites for hydroxylation is 2. The maximum absolute atomic E-state index is 4.98. The first-order valence-corrected chi connectivity index (χ1v) is 26.9. The average Bonchev–Trinajstić information content (AvgIpc) is 4.07. The third-order valence-electron chi connectivity index (χ3n) is 16.3. The Balaban J connectivity index is 1.07. The van der Waals surface area contributed by atoms with E-state index >= 15 is 0 Å². The van der Waals surface area contributed by atoms with Crippen LogP contribution in [0.2, 0.25) is 0 Å². The zero-order valence-corrected chi connectivity index (χ0v) is 43.1. The number of fused-ring (bicyclic) bond motifs is 12. The van der Waals surface area contributed by atoms with Crippen LogP contribution in [0.25, 0.3) is 143 Å². The molecule has 0 saturated heterocycles. The second-order valence-electron chi connectivity index (χ2n) is 20.8. The fourth-order valence-corrected chi connectivity index (χ4v) is 13.1. The lowest BCUT2D eigenvalue weighted by atomic mass is 9.87. The van der Waals surface area contributed by atoms with Crippen LogP contribution in [0.4, 0.5) is 0 Å². The van der Waals surface area contributed by atoms with E-state index in [1.54, 1.807) is 0 Å². The van der Waals surface area contributed by atoms with Gasteiger partial charge in [-0.25, -0.2) is 0 Å². The minimum absolute atomic E-state index is 0.972. The Bertz CT molecular complexity index is 4870. The number of hydrogen-bond donors (Lipinski definition) is 0. The molecule has 5 nitrogen and oxygen atoms in total. The molecule has 0 saturated carbocycles. The summed E-state index contributed by atoms with van der Waals surface area (Å²) in [5, 5.41) is 9.78. The summed E-state index contributed by atoms with van der Waals surface area (Å²) in [7, 11) is 0. The molecule has 0 unspecified atom stereocenters. The summed E-state index contributed by atoms with van der Waals surface area (Å²) in [6.07, 6.45) is 0. The molecule has 0 aliphatic carbocycles. The smallest absolute Gasteiger partial charge is 0.0794 e. The van der Waals surface area contributed by atoms with Gasteiger partial charge in [0.2, 0.25) is 0 Å². The number of benzene rings is 11. The molecule has 5 heterocycles. The highest BCUT2D eigenvalue weighted by atomic mass is 15.1.